The molecule has 0 aromatic carbocycles. The van der Waals surface area contributed by atoms with E-state index in [1.165, 1.54) is 7.11 Å². The Morgan fingerprint density at radius 1 is 1.13 bits per heavy atom. The largest absolute Gasteiger partial charge is 0.466 e. The monoisotopic (exact) mass is 568 g/mol. The van der Waals surface area contributed by atoms with Gasteiger partial charge in [0.1, 0.15) is 6.10 Å². The Morgan fingerprint density at radius 2 is 1.85 bits per heavy atom. The van der Waals surface area contributed by atoms with Gasteiger partial charge in [0.25, 0.3) is 0 Å². The highest BCUT2D eigenvalue weighted by Gasteiger charge is 2.68. The molecule has 39 heavy (non-hydrogen) atoms. The summed E-state index contributed by atoms with van der Waals surface area (Å²) in [5.74, 6) is 1.56. The molecule has 4 rings (SSSR count). The minimum atomic E-state index is -1.02. The Labute approximate surface area is 240 Å². The lowest BCUT2D eigenvalue weighted by atomic mass is 9.44. The normalized spacial score (nSPS) is 43.7. The summed E-state index contributed by atoms with van der Waals surface area (Å²) < 4.78 is 16.4. The van der Waals surface area contributed by atoms with Crippen LogP contribution in [0, 0.1) is 40.4 Å². The van der Waals surface area contributed by atoms with E-state index < -0.39 is 17.8 Å². The lowest BCUT2D eigenvalue weighted by Crippen LogP contribution is -2.64. The summed E-state index contributed by atoms with van der Waals surface area (Å²) in [6.45, 7) is 10.7. The van der Waals surface area contributed by atoms with Crippen LogP contribution < -0.4 is 0 Å². The fourth-order valence-corrected chi connectivity index (χ4v) is 9.22. The van der Waals surface area contributed by atoms with Gasteiger partial charge in [-0.25, -0.2) is 0 Å². The predicted molar refractivity (Wildman–Crippen MR) is 153 cm³/mol. The van der Waals surface area contributed by atoms with E-state index in [1.54, 1.807) is 6.92 Å². The minimum Gasteiger partial charge on any atom is -0.466 e. The molecule has 224 valence electrons. The van der Waals surface area contributed by atoms with Crippen LogP contribution in [-0.2, 0) is 13.7 Å². The van der Waals surface area contributed by atoms with Crippen molar-refractivity contribution in [3.63, 3.8) is 0 Å². The number of allylic oxidation sites excluding steroid dienone is 1. The van der Waals surface area contributed by atoms with Gasteiger partial charge in [-0.15, -0.1) is 0 Å². The summed E-state index contributed by atoms with van der Waals surface area (Å²) in [7, 11) is 1.53. The highest BCUT2D eigenvalue weighted by molar-refractivity contribution is 7.75. The van der Waals surface area contributed by atoms with Crippen molar-refractivity contribution in [1.29, 1.82) is 0 Å². The standard InChI is InChI=1S/C31H52O7S/c1-18(19(2)17-32)8-7-9-22-24(33)15-27-29(22,4)13-11-26-30(5)12-10-21(37-28(36-6)20(3)38-39)14-23(30)25(34)16-31(26,27)35/h14,18-19,21-22,24-27,32-35,39H,7-13,15-17H2,1-6H3. The van der Waals surface area contributed by atoms with Crippen molar-refractivity contribution in [2.45, 2.75) is 116 Å². The third-order valence-corrected chi connectivity index (χ3v) is 12.0. The molecule has 0 spiro atoms. The van der Waals surface area contributed by atoms with Crippen molar-refractivity contribution in [1.82, 2.24) is 0 Å². The molecule has 0 aliphatic heterocycles. The predicted octanol–water partition coefficient (Wildman–Crippen LogP) is 5.14. The molecular formula is C31H52O7S. The number of hydrogen-bond acceptors (Lipinski definition) is 8. The van der Waals surface area contributed by atoms with Gasteiger partial charge < -0.3 is 34.1 Å². The molecular weight excluding hydrogens is 516 g/mol. The first kappa shape index (κ1) is 31.0. The van der Waals surface area contributed by atoms with Gasteiger partial charge in [0, 0.05) is 32.9 Å². The van der Waals surface area contributed by atoms with Gasteiger partial charge in [0.15, 0.2) is 5.76 Å². The molecule has 0 bridgehead atoms. The van der Waals surface area contributed by atoms with Crippen molar-refractivity contribution in [2.24, 2.45) is 40.4 Å². The maximum absolute atomic E-state index is 12.5. The van der Waals surface area contributed by atoms with Crippen LogP contribution in [0.1, 0.15) is 92.4 Å². The number of ether oxygens (including phenoxy) is 2. The van der Waals surface area contributed by atoms with Crippen molar-refractivity contribution in [3.05, 3.63) is 23.4 Å². The van der Waals surface area contributed by atoms with Crippen LogP contribution in [0.4, 0.5) is 0 Å². The average Bonchev–Trinajstić information content (AvgIpc) is 3.17. The molecule has 3 fully saturated rings. The summed E-state index contributed by atoms with van der Waals surface area (Å²) >= 11 is 3.85. The molecule has 0 amide bonds. The number of aliphatic hydroxyl groups is 4. The van der Waals surface area contributed by atoms with E-state index in [2.05, 4.69) is 40.6 Å². The lowest BCUT2D eigenvalue weighted by molar-refractivity contribution is -0.206. The zero-order chi connectivity index (χ0) is 28.8. The van der Waals surface area contributed by atoms with Gasteiger partial charge in [-0.05, 0) is 90.6 Å². The first-order chi connectivity index (χ1) is 18.3. The Hall–Kier alpha value is -0.930. The summed E-state index contributed by atoms with van der Waals surface area (Å²) in [4.78, 5) is 0. The Balaban J connectivity index is 1.54. The van der Waals surface area contributed by atoms with Gasteiger partial charge >= 0.3 is 5.95 Å². The molecule has 8 heteroatoms. The molecule has 0 aromatic rings. The van der Waals surface area contributed by atoms with Gasteiger partial charge in [0.2, 0.25) is 0 Å². The summed E-state index contributed by atoms with van der Waals surface area (Å²) in [5.41, 5.74) is -0.553. The zero-order valence-corrected chi connectivity index (χ0v) is 25.6. The van der Waals surface area contributed by atoms with Crippen molar-refractivity contribution in [2.75, 3.05) is 13.7 Å². The van der Waals surface area contributed by atoms with Crippen LogP contribution in [0.25, 0.3) is 0 Å². The first-order valence-corrected chi connectivity index (χ1v) is 15.4. The SMILES string of the molecule is COC(OC1C=C2C(O)CC3(O)C(CCC4(C)C(CCCC(C)C(C)CO)C(O)CC43)C2(C)CC1)=C(C)OS. The van der Waals surface area contributed by atoms with E-state index in [4.69, 9.17) is 13.7 Å². The van der Waals surface area contributed by atoms with Gasteiger partial charge in [-0.2, -0.15) is 0 Å². The molecule has 11 atom stereocenters. The zero-order valence-electron chi connectivity index (χ0n) is 24.7. The number of rotatable bonds is 10. The molecule has 3 saturated carbocycles. The summed E-state index contributed by atoms with van der Waals surface area (Å²) in [6.07, 6.45) is 7.84. The van der Waals surface area contributed by atoms with Crippen molar-refractivity contribution >= 4 is 12.9 Å². The highest BCUT2D eigenvalue weighted by Crippen LogP contribution is 2.68. The van der Waals surface area contributed by atoms with Crippen LogP contribution in [0.15, 0.2) is 23.4 Å². The third kappa shape index (κ3) is 5.38. The molecule has 4 aliphatic carbocycles. The van der Waals surface area contributed by atoms with Crippen LogP contribution in [0.2, 0.25) is 0 Å². The Kier molecular flexibility index (Phi) is 9.34. The minimum absolute atomic E-state index is 0.0231. The van der Waals surface area contributed by atoms with Crippen LogP contribution in [-0.4, -0.2) is 58.1 Å². The number of fused-ring (bicyclic) bond motifs is 5. The maximum Gasteiger partial charge on any atom is 0.320 e. The fraction of sp³-hybridized carbons (Fsp3) is 0.871. The Bertz CT molecular complexity index is 938. The number of thiol groups is 1. The van der Waals surface area contributed by atoms with E-state index in [0.29, 0.717) is 24.5 Å². The summed E-state index contributed by atoms with van der Waals surface area (Å²) in [5, 5.41) is 44.8. The Morgan fingerprint density at radius 3 is 2.49 bits per heavy atom. The van der Waals surface area contributed by atoms with E-state index >= 15 is 0 Å². The van der Waals surface area contributed by atoms with Crippen LogP contribution in [0.5, 0.6) is 0 Å². The maximum atomic E-state index is 12.5. The second-order valence-corrected chi connectivity index (χ2v) is 13.9. The average molecular weight is 569 g/mol. The second kappa shape index (κ2) is 11.7. The topological polar surface area (TPSA) is 109 Å². The van der Waals surface area contributed by atoms with E-state index in [1.807, 2.05) is 6.08 Å². The van der Waals surface area contributed by atoms with Crippen molar-refractivity contribution < 1.29 is 34.1 Å². The first-order valence-electron chi connectivity index (χ1n) is 15.0. The van der Waals surface area contributed by atoms with Gasteiger partial charge in [-0.1, -0.05) is 40.5 Å². The fourth-order valence-electron chi connectivity index (χ4n) is 9.15. The number of hydrogen-bond donors (Lipinski definition) is 5. The lowest BCUT2D eigenvalue weighted by Gasteiger charge is -2.63. The van der Waals surface area contributed by atoms with Crippen molar-refractivity contribution in [3.8, 4) is 0 Å². The highest BCUT2D eigenvalue weighted by atomic mass is 32.1. The quantitative estimate of drug-likeness (QED) is 0.107. The summed E-state index contributed by atoms with van der Waals surface area (Å²) in [6, 6.07) is 0. The number of aliphatic hydroxyl groups excluding tert-OH is 3. The molecule has 4 aliphatic rings. The third-order valence-electron chi connectivity index (χ3n) is 11.7. The second-order valence-electron chi connectivity index (χ2n) is 13.7. The smallest absolute Gasteiger partial charge is 0.320 e. The van der Waals surface area contributed by atoms with Gasteiger partial charge in [-0.3, -0.25) is 0 Å². The molecule has 7 nitrogen and oxygen atoms in total. The molecule has 0 heterocycles. The van der Waals surface area contributed by atoms with E-state index in [9.17, 15) is 20.4 Å². The van der Waals surface area contributed by atoms with Crippen LogP contribution in [0.3, 0.4) is 0 Å². The van der Waals surface area contributed by atoms with Crippen LogP contribution >= 0.6 is 12.9 Å². The number of methoxy groups -OCH3 is 1. The van der Waals surface area contributed by atoms with E-state index in [0.717, 1.165) is 50.5 Å². The molecule has 0 aromatic heterocycles. The molecule has 11 unspecified atom stereocenters. The van der Waals surface area contributed by atoms with Gasteiger partial charge in [0.05, 0.1) is 24.9 Å². The molecule has 0 saturated heterocycles. The molecule has 0 radical (unpaired) electrons. The van der Waals surface area contributed by atoms with E-state index in [-0.39, 0.29) is 53.2 Å². The molecule has 4 N–H and O–H groups in total.